The summed E-state index contributed by atoms with van der Waals surface area (Å²) in [7, 11) is 0. The lowest BCUT2D eigenvalue weighted by atomic mass is 10.3. The normalized spacial score (nSPS) is 10.4. The van der Waals surface area contributed by atoms with Crippen LogP contribution in [0.2, 0.25) is 0 Å². The topological polar surface area (TPSA) is 52.0 Å². The monoisotopic (exact) mass is 270 g/mol. The van der Waals surface area contributed by atoms with E-state index >= 15 is 0 Å². The van der Waals surface area contributed by atoms with Crippen LogP contribution in [-0.2, 0) is 0 Å². The Balaban J connectivity index is 2.28. The number of benzene rings is 1. The molecule has 3 nitrogen and oxygen atoms in total. The van der Waals surface area contributed by atoms with Crippen LogP contribution in [0.4, 0.5) is 5.69 Å². The molecule has 0 aliphatic rings. The van der Waals surface area contributed by atoms with E-state index in [4.69, 9.17) is 10.2 Å². The molecule has 0 spiro atoms. The Hall–Kier alpha value is -0.940. The first-order valence-electron chi connectivity index (χ1n) is 3.88. The largest absolute Gasteiger partial charge is 0.440 e. The Kier molecular flexibility index (Phi) is 2.79. The lowest BCUT2D eigenvalue weighted by Crippen LogP contribution is -1.87. The van der Waals surface area contributed by atoms with Gasteiger partial charge in [-0.05, 0) is 30.0 Å². The Morgan fingerprint density at radius 2 is 2.29 bits per heavy atom. The molecular weight excluding hydrogens is 264 g/mol. The van der Waals surface area contributed by atoms with Gasteiger partial charge in [-0.2, -0.15) is 0 Å². The van der Waals surface area contributed by atoms with Gasteiger partial charge in [0, 0.05) is 15.1 Å². The zero-order valence-electron chi connectivity index (χ0n) is 7.11. The molecule has 2 N–H and O–H groups in total. The molecule has 0 fully saturated rings. The highest BCUT2D eigenvalue weighted by atomic mass is 79.9. The van der Waals surface area contributed by atoms with Gasteiger partial charge in [-0.25, -0.2) is 4.98 Å². The van der Waals surface area contributed by atoms with Gasteiger partial charge >= 0.3 is 0 Å². The van der Waals surface area contributed by atoms with Crippen molar-refractivity contribution in [2.45, 2.75) is 10.1 Å². The van der Waals surface area contributed by atoms with Crippen molar-refractivity contribution in [3.63, 3.8) is 0 Å². The molecular formula is C9H7BrN2OS. The number of aromatic nitrogens is 1. The number of halogens is 1. The second kappa shape index (κ2) is 4.06. The van der Waals surface area contributed by atoms with Crippen LogP contribution >= 0.6 is 27.7 Å². The molecule has 0 bridgehead atoms. The van der Waals surface area contributed by atoms with Crippen molar-refractivity contribution < 1.29 is 4.42 Å². The van der Waals surface area contributed by atoms with Gasteiger partial charge in [0.25, 0.3) is 5.22 Å². The van der Waals surface area contributed by atoms with Gasteiger partial charge in [-0.15, -0.1) is 0 Å². The molecule has 0 saturated carbocycles. The molecule has 0 saturated heterocycles. The standard InChI is InChI=1S/C9H7BrN2OS/c10-6-1-2-7(11)8(5-6)14-9-12-3-4-13-9/h1-5H,11H2. The maximum Gasteiger partial charge on any atom is 0.260 e. The van der Waals surface area contributed by atoms with E-state index in [2.05, 4.69) is 20.9 Å². The molecule has 5 heteroatoms. The summed E-state index contributed by atoms with van der Waals surface area (Å²) in [6, 6.07) is 5.68. The van der Waals surface area contributed by atoms with Crippen molar-refractivity contribution in [1.82, 2.24) is 4.98 Å². The zero-order valence-corrected chi connectivity index (χ0v) is 9.51. The number of nitrogens with zero attached hydrogens (tertiary/aromatic N) is 1. The molecule has 0 amide bonds. The Morgan fingerprint density at radius 3 is 3.00 bits per heavy atom. The highest BCUT2D eigenvalue weighted by Gasteiger charge is 2.05. The summed E-state index contributed by atoms with van der Waals surface area (Å²) in [6.45, 7) is 0. The van der Waals surface area contributed by atoms with E-state index in [0.717, 1.165) is 15.1 Å². The quantitative estimate of drug-likeness (QED) is 0.852. The average molecular weight is 271 g/mol. The molecule has 0 aliphatic heterocycles. The maximum absolute atomic E-state index is 5.79. The average Bonchev–Trinajstić information content (AvgIpc) is 2.64. The van der Waals surface area contributed by atoms with Crippen molar-refractivity contribution in [2.24, 2.45) is 0 Å². The van der Waals surface area contributed by atoms with Crippen LogP contribution in [-0.4, -0.2) is 4.98 Å². The summed E-state index contributed by atoms with van der Waals surface area (Å²) in [5.74, 6) is 0. The van der Waals surface area contributed by atoms with E-state index in [-0.39, 0.29) is 0 Å². The smallest absolute Gasteiger partial charge is 0.260 e. The molecule has 0 aliphatic carbocycles. The number of nitrogens with two attached hydrogens (primary N) is 1. The molecule has 1 heterocycles. The van der Waals surface area contributed by atoms with Gasteiger partial charge in [-0.1, -0.05) is 15.9 Å². The first-order valence-corrected chi connectivity index (χ1v) is 5.49. The van der Waals surface area contributed by atoms with Crippen molar-refractivity contribution >= 4 is 33.4 Å². The van der Waals surface area contributed by atoms with Gasteiger partial charge in [0.15, 0.2) is 0 Å². The molecule has 0 unspecified atom stereocenters. The van der Waals surface area contributed by atoms with Crippen LogP contribution < -0.4 is 5.73 Å². The molecule has 1 aromatic heterocycles. The first-order chi connectivity index (χ1) is 6.75. The number of anilines is 1. The summed E-state index contributed by atoms with van der Waals surface area (Å²) in [4.78, 5) is 4.94. The lowest BCUT2D eigenvalue weighted by molar-refractivity contribution is 0.454. The molecule has 2 rings (SSSR count). The molecule has 72 valence electrons. The third-order valence-corrected chi connectivity index (χ3v) is 3.03. The van der Waals surface area contributed by atoms with E-state index in [1.807, 2.05) is 18.2 Å². The minimum absolute atomic E-state index is 0.592. The fourth-order valence-corrected chi connectivity index (χ4v) is 2.24. The predicted octanol–water partition coefficient (Wildman–Crippen LogP) is 3.17. The van der Waals surface area contributed by atoms with E-state index in [1.54, 1.807) is 6.20 Å². The first kappa shape index (κ1) is 9.61. The van der Waals surface area contributed by atoms with Crippen molar-refractivity contribution in [1.29, 1.82) is 0 Å². The molecule has 0 atom stereocenters. The van der Waals surface area contributed by atoms with Crippen LogP contribution in [0.25, 0.3) is 0 Å². The fraction of sp³-hybridized carbons (Fsp3) is 0. The Labute approximate surface area is 93.8 Å². The van der Waals surface area contributed by atoms with Gasteiger partial charge in [0.1, 0.15) is 6.26 Å². The van der Waals surface area contributed by atoms with Crippen molar-refractivity contribution in [2.75, 3.05) is 5.73 Å². The third kappa shape index (κ3) is 2.10. The fourth-order valence-electron chi connectivity index (χ4n) is 0.951. The molecule has 2 aromatic rings. The lowest BCUT2D eigenvalue weighted by Gasteiger charge is -2.02. The number of oxazole rings is 1. The van der Waals surface area contributed by atoms with E-state index in [1.165, 1.54) is 18.0 Å². The number of hydrogen-bond acceptors (Lipinski definition) is 4. The zero-order chi connectivity index (χ0) is 9.97. The number of hydrogen-bond donors (Lipinski definition) is 1. The minimum Gasteiger partial charge on any atom is -0.440 e. The SMILES string of the molecule is Nc1ccc(Br)cc1Sc1ncco1. The van der Waals surface area contributed by atoms with Crippen molar-refractivity contribution in [3.8, 4) is 0 Å². The molecule has 14 heavy (non-hydrogen) atoms. The highest BCUT2D eigenvalue weighted by Crippen LogP contribution is 2.32. The Bertz CT molecular complexity index is 430. The summed E-state index contributed by atoms with van der Waals surface area (Å²) < 4.78 is 6.10. The van der Waals surface area contributed by atoms with Gasteiger partial charge in [0.2, 0.25) is 0 Å². The van der Waals surface area contributed by atoms with Crippen LogP contribution in [0.15, 0.2) is 49.7 Å². The van der Waals surface area contributed by atoms with Crippen LogP contribution in [0.3, 0.4) is 0 Å². The summed E-state index contributed by atoms with van der Waals surface area (Å²) in [5, 5.41) is 0.592. The van der Waals surface area contributed by atoms with Crippen LogP contribution in [0.5, 0.6) is 0 Å². The molecule has 0 radical (unpaired) electrons. The van der Waals surface area contributed by atoms with Crippen LogP contribution in [0.1, 0.15) is 0 Å². The molecule has 1 aromatic carbocycles. The second-order valence-electron chi connectivity index (χ2n) is 2.58. The number of nitrogen functional groups attached to an aromatic ring is 1. The summed E-state index contributed by atoms with van der Waals surface area (Å²) in [6.07, 6.45) is 3.15. The van der Waals surface area contributed by atoms with E-state index in [9.17, 15) is 0 Å². The maximum atomic E-state index is 5.79. The predicted molar refractivity (Wildman–Crippen MR) is 59.2 cm³/mol. The van der Waals surface area contributed by atoms with E-state index in [0.29, 0.717) is 5.22 Å². The van der Waals surface area contributed by atoms with Gasteiger partial charge in [0.05, 0.1) is 6.20 Å². The van der Waals surface area contributed by atoms with Crippen LogP contribution in [0, 0.1) is 0 Å². The second-order valence-corrected chi connectivity index (χ2v) is 4.49. The van der Waals surface area contributed by atoms with Gasteiger partial charge in [-0.3, -0.25) is 0 Å². The number of rotatable bonds is 2. The summed E-state index contributed by atoms with van der Waals surface area (Å²) >= 11 is 4.78. The highest BCUT2D eigenvalue weighted by molar-refractivity contribution is 9.10. The van der Waals surface area contributed by atoms with E-state index < -0.39 is 0 Å². The van der Waals surface area contributed by atoms with Crippen molar-refractivity contribution in [3.05, 3.63) is 35.1 Å². The summed E-state index contributed by atoms with van der Waals surface area (Å²) in [5.41, 5.74) is 6.51. The van der Waals surface area contributed by atoms with Gasteiger partial charge < -0.3 is 10.2 Å². The Morgan fingerprint density at radius 1 is 1.43 bits per heavy atom. The minimum atomic E-state index is 0.592. The third-order valence-electron chi connectivity index (χ3n) is 1.58.